The summed E-state index contributed by atoms with van der Waals surface area (Å²) in [6, 6.07) is 7.54. The van der Waals surface area contributed by atoms with Gasteiger partial charge in [0.1, 0.15) is 0 Å². The first-order valence-corrected chi connectivity index (χ1v) is 8.96. The Labute approximate surface area is 154 Å². The molecule has 1 aromatic carbocycles. The smallest absolute Gasteiger partial charge is 0.254 e. The predicted molar refractivity (Wildman–Crippen MR) is 102 cm³/mol. The van der Waals surface area contributed by atoms with Crippen LogP contribution < -0.4 is 0 Å². The molecule has 1 aromatic heterocycles. The van der Waals surface area contributed by atoms with Crippen LogP contribution in [0.5, 0.6) is 0 Å². The van der Waals surface area contributed by atoms with Gasteiger partial charge in [0.2, 0.25) is 0 Å². The molecule has 0 N–H and O–H groups in total. The number of carbonyl (C=O) groups is 1. The third-order valence-corrected chi connectivity index (χ3v) is 4.80. The highest BCUT2D eigenvalue weighted by atomic mass is 16.2. The maximum atomic E-state index is 12.9. The molecular formula is C20H25N5O. The van der Waals surface area contributed by atoms with Crippen LogP contribution >= 0.6 is 0 Å². The fraction of sp³-hybridized carbons (Fsp3) is 0.400. The number of aromatic nitrogens is 3. The van der Waals surface area contributed by atoms with E-state index in [2.05, 4.69) is 26.3 Å². The first-order valence-electron chi connectivity index (χ1n) is 8.96. The van der Waals surface area contributed by atoms with Crippen LogP contribution in [0.15, 0.2) is 41.5 Å². The van der Waals surface area contributed by atoms with Gasteiger partial charge in [-0.15, -0.1) is 10.2 Å². The number of nitrogens with zero attached hydrogens (tertiary/aromatic N) is 5. The lowest BCUT2D eigenvalue weighted by Gasteiger charge is -2.33. The molecule has 0 aliphatic carbocycles. The lowest BCUT2D eigenvalue weighted by Crippen LogP contribution is -2.41. The maximum absolute atomic E-state index is 12.9. The van der Waals surface area contributed by atoms with E-state index in [0.29, 0.717) is 18.7 Å². The number of allylic oxidation sites excluding steroid dienone is 1. The minimum absolute atomic E-state index is 0.0260. The lowest BCUT2D eigenvalue weighted by atomic mass is 10.1. The average Bonchev–Trinajstić information content (AvgIpc) is 3.07. The molecule has 0 saturated heterocycles. The molecule has 1 unspecified atom stereocenters. The van der Waals surface area contributed by atoms with Crippen LogP contribution in [0.1, 0.15) is 60.8 Å². The van der Waals surface area contributed by atoms with E-state index in [1.54, 1.807) is 0 Å². The molecule has 0 bridgehead atoms. The van der Waals surface area contributed by atoms with Gasteiger partial charge in [-0.2, -0.15) is 0 Å². The van der Waals surface area contributed by atoms with E-state index in [4.69, 9.17) is 0 Å². The Morgan fingerprint density at radius 2 is 1.96 bits per heavy atom. The maximum Gasteiger partial charge on any atom is 0.254 e. The van der Waals surface area contributed by atoms with Gasteiger partial charge < -0.3 is 9.47 Å². The number of hydrogen-bond acceptors (Lipinski definition) is 4. The summed E-state index contributed by atoms with van der Waals surface area (Å²) < 4.78 is 2.06. The van der Waals surface area contributed by atoms with E-state index in [1.165, 1.54) is 0 Å². The van der Waals surface area contributed by atoms with Crippen LogP contribution in [0.2, 0.25) is 0 Å². The average molecular weight is 351 g/mol. The normalized spacial score (nSPS) is 17.2. The number of aryl methyl sites for hydroxylation is 1. The summed E-state index contributed by atoms with van der Waals surface area (Å²) in [4.78, 5) is 19.2. The molecule has 1 aliphatic rings. The molecule has 1 atom stereocenters. The molecule has 0 radical (unpaired) electrons. The summed E-state index contributed by atoms with van der Waals surface area (Å²) in [6.45, 7) is 13.2. The topological polar surface area (TPSA) is 63.4 Å². The van der Waals surface area contributed by atoms with Gasteiger partial charge >= 0.3 is 0 Å². The Balaban J connectivity index is 1.86. The number of hydrogen-bond donors (Lipinski definition) is 0. The number of carbonyl (C=O) groups excluding carboxylic acids is 1. The van der Waals surface area contributed by atoms with Crippen molar-refractivity contribution in [2.45, 2.75) is 46.7 Å². The van der Waals surface area contributed by atoms with Crippen LogP contribution in [0, 0.1) is 6.92 Å². The molecule has 3 rings (SSSR count). The van der Waals surface area contributed by atoms with E-state index in [0.717, 1.165) is 35.0 Å². The van der Waals surface area contributed by atoms with Crippen molar-refractivity contribution in [3.8, 4) is 0 Å². The zero-order chi connectivity index (χ0) is 18.8. The summed E-state index contributed by atoms with van der Waals surface area (Å²) in [5.41, 5.74) is 3.47. The number of benzene rings is 1. The second kappa shape index (κ2) is 7.23. The zero-order valence-electron chi connectivity index (χ0n) is 15.9. The van der Waals surface area contributed by atoms with Crippen molar-refractivity contribution in [3.05, 3.63) is 59.3 Å². The summed E-state index contributed by atoms with van der Waals surface area (Å²) in [5.74, 6) is 1.57. The van der Waals surface area contributed by atoms with Gasteiger partial charge in [0.05, 0.1) is 11.8 Å². The largest absolute Gasteiger partial charge is 0.327 e. The third-order valence-electron chi connectivity index (χ3n) is 4.80. The van der Waals surface area contributed by atoms with E-state index < -0.39 is 0 Å². The fourth-order valence-corrected chi connectivity index (χ4v) is 3.16. The minimum atomic E-state index is -0.138. The molecule has 2 aromatic rings. The molecule has 6 nitrogen and oxygen atoms in total. The SMILES string of the molecule is C=C(CC)N=C(C)c1nnc2n1CCN(C(=O)c1ccc(C)cc1)C2C. The van der Waals surface area contributed by atoms with Gasteiger partial charge in [0, 0.05) is 24.4 Å². The van der Waals surface area contributed by atoms with Crippen molar-refractivity contribution in [1.82, 2.24) is 19.7 Å². The highest BCUT2D eigenvalue weighted by molar-refractivity contribution is 5.96. The first kappa shape index (κ1) is 18.0. The molecule has 136 valence electrons. The van der Waals surface area contributed by atoms with Gasteiger partial charge in [0.15, 0.2) is 11.6 Å². The van der Waals surface area contributed by atoms with E-state index >= 15 is 0 Å². The van der Waals surface area contributed by atoms with Gasteiger partial charge in [-0.1, -0.05) is 31.2 Å². The monoisotopic (exact) mass is 351 g/mol. The highest BCUT2D eigenvalue weighted by Crippen LogP contribution is 2.26. The molecule has 26 heavy (non-hydrogen) atoms. The Kier molecular flexibility index (Phi) is 5.02. The standard InChI is InChI=1S/C20H25N5O/c1-6-14(3)21-15(4)18-22-23-19-16(5)24(11-12-25(18)19)20(26)17-9-7-13(2)8-10-17/h7-10,16H,3,6,11-12H2,1-2,4-5H3. The Morgan fingerprint density at radius 1 is 1.27 bits per heavy atom. The van der Waals surface area contributed by atoms with E-state index in [9.17, 15) is 4.79 Å². The van der Waals surface area contributed by atoms with Crippen LogP contribution in [0.4, 0.5) is 0 Å². The van der Waals surface area contributed by atoms with Gasteiger partial charge in [-0.3, -0.25) is 9.79 Å². The van der Waals surface area contributed by atoms with Crippen molar-refractivity contribution < 1.29 is 4.79 Å². The molecule has 1 aliphatic heterocycles. The van der Waals surface area contributed by atoms with Gasteiger partial charge in [0.25, 0.3) is 5.91 Å². The van der Waals surface area contributed by atoms with Crippen LogP contribution in [0.25, 0.3) is 0 Å². The number of rotatable bonds is 4. The molecule has 1 amide bonds. The highest BCUT2D eigenvalue weighted by Gasteiger charge is 2.32. The predicted octanol–water partition coefficient (Wildman–Crippen LogP) is 3.54. The number of amides is 1. The van der Waals surface area contributed by atoms with Gasteiger partial charge in [-0.05, 0) is 39.3 Å². The second-order valence-corrected chi connectivity index (χ2v) is 6.69. The van der Waals surface area contributed by atoms with Crippen LogP contribution in [-0.2, 0) is 6.54 Å². The summed E-state index contributed by atoms with van der Waals surface area (Å²) in [6.07, 6.45) is 0.799. The number of aliphatic imine (C=N–C) groups is 1. The van der Waals surface area contributed by atoms with E-state index in [1.807, 2.05) is 56.9 Å². The third kappa shape index (κ3) is 3.31. The molecule has 0 spiro atoms. The van der Waals surface area contributed by atoms with Crippen molar-refractivity contribution in [2.24, 2.45) is 4.99 Å². The van der Waals surface area contributed by atoms with Crippen LogP contribution in [-0.4, -0.2) is 37.8 Å². The van der Waals surface area contributed by atoms with E-state index in [-0.39, 0.29) is 11.9 Å². The Morgan fingerprint density at radius 3 is 2.62 bits per heavy atom. The summed E-state index contributed by atoms with van der Waals surface area (Å²) in [7, 11) is 0. The van der Waals surface area contributed by atoms with Crippen LogP contribution in [0.3, 0.4) is 0 Å². The Bertz CT molecular complexity index is 863. The molecule has 0 fully saturated rings. The fourth-order valence-electron chi connectivity index (χ4n) is 3.16. The first-order chi connectivity index (χ1) is 12.4. The summed E-state index contributed by atoms with van der Waals surface area (Å²) in [5, 5.41) is 8.66. The molecular weight excluding hydrogens is 326 g/mol. The zero-order valence-corrected chi connectivity index (χ0v) is 15.9. The van der Waals surface area contributed by atoms with Crippen molar-refractivity contribution >= 4 is 11.6 Å². The van der Waals surface area contributed by atoms with Crippen molar-refractivity contribution in [3.63, 3.8) is 0 Å². The molecule has 6 heteroatoms. The molecule has 0 saturated carbocycles. The Hall–Kier alpha value is -2.76. The quantitative estimate of drug-likeness (QED) is 0.792. The minimum Gasteiger partial charge on any atom is -0.327 e. The molecule has 2 heterocycles. The number of fused-ring (bicyclic) bond motifs is 1. The van der Waals surface area contributed by atoms with Crippen molar-refractivity contribution in [1.29, 1.82) is 0 Å². The lowest BCUT2D eigenvalue weighted by molar-refractivity contribution is 0.0637. The van der Waals surface area contributed by atoms with Crippen molar-refractivity contribution in [2.75, 3.05) is 6.54 Å². The van der Waals surface area contributed by atoms with Gasteiger partial charge in [-0.25, -0.2) is 0 Å². The second-order valence-electron chi connectivity index (χ2n) is 6.69. The summed E-state index contributed by atoms with van der Waals surface area (Å²) >= 11 is 0.